The van der Waals surface area contributed by atoms with Crippen molar-refractivity contribution in [1.82, 2.24) is 5.32 Å². The average molecular weight is 269 g/mol. The Bertz CT molecular complexity index is 527. The first kappa shape index (κ1) is 13.5. The number of carboxylic acids is 1. The quantitative estimate of drug-likeness (QED) is 0.879. The summed E-state index contributed by atoms with van der Waals surface area (Å²) in [6, 6.07) is 2.84. The lowest BCUT2D eigenvalue weighted by Crippen LogP contribution is -2.54. The number of nitrogens with one attached hydrogen (secondary N) is 1. The van der Waals surface area contributed by atoms with Gasteiger partial charge in [-0.3, -0.25) is 9.59 Å². The number of benzene rings is 1. The molecule has 0 aromatic heterocycles. The standard InChI is InChI=1S/C13H13F2NO3/c14-9-3-2-8(6-10(9)15)12(19)16-13(4-1-5-13)7-11(17)18/h2-3,6H,1,4-5,7H2,(H,16,19)(H,17,18). The zero-order valence-electron chi connectivity index (χ0n) is 10.1. The SMILES string of the molecule is O=C(O)CC1(NC(=O)c2ccc(F)c(F)c2)CCC1. The third-order valence-corrected chi connectivity index (χ3v) is 3.36. The van der Waals surface area contributed by atoms with Gasteiger partial charge in [-0.15, -0.1) is 0 Å². The Kier molecular flexibility index (Phi) is 3.50. The van der Waals surface area contributed by atoms with Crippen LogP contribution in [0.5, 0.6) is 0 Å². The highest BCUT2D eigenvalue weighted by atomic mass is 19.2. The molecule has 1 amide bonds. The summed E-state index contributed by atoms with van der Waals surface area (Å²) in [7, 11) is 0. The smallest absolute Gasteiger partial charge is 0.305 e. The highest BCUT2D eigenvalue weighted by molar-refractivity contribution is 5.95. The number of aliphatic carboxylic acids is 1. The van der Waals surface area contributed by atoms with Gasteiger partial charge < -0.3 is 10.4 Å². The van der Waals surface area contributed by atoms with Crippen LogP contribution in [0.15, 0.2) is 18.2 Å². The second-order valence-corrected chi connectivity index (χ2v) is 4.79. The van der Waals surface area contributed by atoms with Crippen molar-refractivity contribution in [2.24, 2.45) is 0 Å². The van der Waals surface area contributed by atoms with Crippen molar-refractivity contribution in [3.8, 4) is 0 Å². The molecule has 19 heavy (non-hydrogen) atoms. The van der Waals surface area contributed by atoms with Crippen LogP contribution in [-0.4, -0.2) is 22.5 Å². The van der Waals surface area contributed by atoms with Gasteiger partial charge in [0.1, 0.15) is 0 Å². The lowest BCUT2D eigenvalue weighted by molar-refractivity contribution is -0.139. The van der Waals surface area contributed by atoms with Crippen LogP contribution in [0.1, 0.15) is 36.0 Å². The van der Waals surface area contributed by atoms with Crippen molar-refractivity contribution in [3.63, 3.8) is 0 Å². The summed E-state index contributed by atoms with van der Waals surface area (Å²) in [6.45, 7) is 0. The molecule has 0 aliphatic heterocycles. The maximum Gasteiger partial charge on any atom is 0.305 e. The Labute approximate surface area is 108 Å². The minimum Gasteiger partial charge on any atom is -0.481 e. The molecule has 0 bridgehead atoms. The largest absolute Gasteiger partial charge is 0.481 e. The van der Waals surface area contributed by atoms with Crippen molar-refractivity contribution in [2.75, 3.05) is 0 Å². The normalized spacial score (nSPS) is 16.5. The highest BCUT2D eigenvalue weighted by Gasteiger charge is 2.40. The fourth-order valence-electron chi connectivity index (χ4n) is 2.19. The summed E-state index contributed by atoms with van der Waals surface area (Å²) in [5.41, 5.74) is -0.774. The molecule has 1 aromatic carbocycles. The summed E-state index contributed by atoms with van der Waals surface area (Å²) < 4.78 is 25.8. The molecule has 0 radical (unpaired) electrons. The Morgan fingerprint density at radius 3 is 2.42 bits per heavy atom. The monoisotopic (exact) mass is 269 g/mol. The van der Waals surface area contributed by atoms with Crippen molar-refractivity contribution in [3.05, 3.63) is 35.4 Å². The fourth-order valence-corrected chi connectivity index (χ4v) is 2.19. The number of carbonyl (C=O) groups excluding carboxylic acids is 1. The van der Waals surface area contributed by atoms with Gasteiger partial charge in [-0.25, -0.2) is 8.78 Å². The van der Waals surface area contributed by atoms with Gasteiger partial charge in [-0.1, -0.05) is 0 Å². The predicted octanol–water partition coefficient (Wildman–Crippen LogP) is 2.09. The third-order valence-electron chi connectivity index (χ3n) is 3.36. The minimum atomic E-state index is -1.10. The van der Waals surface area contributed by atoms with Gasteiger partial charge in [-0.2, -0.15) is 0 Å². The molecule has 6 heteroatoms. The maximum absolute atomic E-state index is 13.0. The minimum absolute atomic E-state index is 0.0180. The molecule has 1 aliphatic carbocycles. The van der Waals surface area contributed by atoms with Gasteiger partial charge in [0.25, 0.3) is 5.91 Å². The molecule has 1 fully saturated rings. The van der Waals surface area contributed by atoms with Crippen LogP contribution < -0.4 is 5.32 Å². The van der Waals surface area contributed by atoms with Crippen molar-refractivity contribution >= 4 is 11.9 Å². The van der Waals surface area contributed by atoms with E-state index in [1.54, 1.807) is 0 Å². The number of rotatable bonds is 4. The zero-order chi connectivity index (χ0) is 14.0. The average Bonchev–Trinajstić information content (AvgIpc) is 2.29. The molecule has 0 saturated heterocycles. The van der Waals surface area contributed by atoms with E-state index in [2.05, 4.69) is 5.32 Å². The van der Waals surface area contributed by atoms with E-state index in [-0.39, 0.29) is 12.0 Å². The van der Waals surface area contributed by atoms with Crippen molar-refractivity contribution in [2.45, 2.75) is 31.2 Å². The number of carbonyl (C=O) groups is 2. The zero-order valence-corrected chi connectivity index (χ0v) is 10.1. The second kappa shape index (κ2) is 4.95. The predicted molar refractivity (Wildman–Crippen MR) is 62.7 cm³/mol. The fraction of sp³-hybridized carbons (Fsp3) is 0.385. The number of halogens is 2. The molecular formula is C13H13F2NO3. The van der Waals surface area contributed by atoms with E-state index in [1.165, 1.54) is 6.07 Å². The van der Waals surface area contributed by atoms with E-state index in [9.17, 15) is 18.4 Å². The summed E-state index contributed by atoms with van der Waals surface area (Å²) in [5.74, 6) is -3.71. The van der Waals surface area contributed by atoms with E-state index >= 15 is 0 Å². The van der Waals surface area contributed by atoms with E-state index < -0.39 is 29.0 Å². The van der Waals surface area contributed by atoms with Gasteiger partial charge in [0, 0.05) is 5.56 Å². The molecule has 0 atom stereocenters. The number of carboxylic acid groups (broad SMARTS) is 1. The molecule has 0 spiro atoms. The molecule has 1 aliphatic rings. The molecule has 2 rings (SSSR count). The Balaban J connectivity index is 2.11. The van der Waals surface area contributed by atoms with Crippen molar-refractivity contribution in [1.29, 1.82) is 0 Å². The van der Waals surface area contributed by atoms with Crippen LogP contribution >= 0.6 is 0 Å². The first-order valence-electron chi connectivity index (χ1n) is 5.91. The van der Waals surface area contributed by atoms with Crippen LogP contribution in [0.2, 0.25) is 0 Å². The second-order valence-electron chi connectivity index (χ2n) is 4.79. The molecule has 1 saturated carbocycles. The highest BCUT2D eigenvalue weighted by Crippen LogP contribution is 2.35. The molecule has 1 aromatic rings. The van der Waals surface area contributed by atoms with E-state index in [1.807, 2.05) is 0 Å². The topological polar surface area (TPSA) is 66.4 Å². The first-order valence-corrected chi connectivity index (χ1v) is 5.91. The first-order chi connectivity index (χ1) is 8.92. The van der Waals surface area contributed by atoms with Crippen molar-refractivity contribution < 1.29 is 23.5 Å². The molecule has 0 heterocycles. The molecule has 102 valence electrons. The summed E-state index contributed by atoms with van der Waals surface area (Å²) in [4.78, 5) is 22.7. The number of hydrogen-bond donors (Lipinski definition) is 2. The lowest BCUT2D eigenvalue weighted by Gasteiger charge is -2.41. The Morgan fingerprint density at radius 2 is 1.95 bits per heavy atom. The number of hydrogen-bond acceptors (Lipinski definition) is 2. The maximum atomic E-state index is 13.0. The van der Waals surface area contributed by atoms with Gasteiger partial charge >= 0.3 is 5.97 Å². The third kappa shape index (κ3) is 2.89. The molecule has 2 N–H and O–H groups in total. The molecule has 4 nitrogen and oxygen atoms in total. The van der Waals surface area contributed by atoms with Gasteiger partial charge in [-0.05, 0) is 37.5 Å². The lowest BCUT2D eigenvalue weighted by atomic mass is 9.74. The molecular weight excluding hydrogens is 256 g/mol. The molecule has 0 unspecified atom stereocenters. The summed E-state index contributed by atoms with van der Waals surface area (Å²) >= 11 is 0. The van der Waals surface area contributed by atoms with Crippen LogP contribution in [0.25, 0.3) is 0 Å². The van der Waals surface area contributed by atoms with Gasteiger partial charge in [0.05, 0.1) is 12.0 Å². The Hall–Kier alpha value is -1.98. The van der Waals surface area contributed by atoms with Crippen LogP contribution in [0.3, 0.4) is 0 Å². The van der Waals surface area contributed by atoms with Crippen LogP contribution in [-0.2, 0) is 4.79 Å². The Morgan fingerprint density at radius 1 is 1.26 bits per heavy atom. The summed E-state index contributed by atoms with van der Waals surface area (Å²) in [6.07, 6.45) is 1.83. The van der Waals surface area contributed by atoms with Gasteiger partial charge in [0.15, 0.2) is 11.6 Å². The number of amides is 1. The summed E-state index contributed by atoms with van der Waals surface area (Å²) in [5, 5.41) is 11.4. The van der Waals surface area contributed by atoms with E-state index in [0.29, 0.717) is 12.8 Å². The van der Waals surface area contributed by atoms with E-state index in [4.69, 9.17) is 5.11 Å². The van der Waals surface area contributed by atoms with Crippen LogP contribution in [0, 0.1) is 11.6 Å². The van der Waals surface area contributed by atoms with E-state index in [0.717, 1.165) is 18.6 Å². The van der Waals surface area contributed by atoms with Crippen LogP contribution in [0.4, 0.5) is 8.78 Å². The van der Waals surface area contributed by atoms with Gasteiger partial charge in [0.2, 0.25) is 0 Å².